The number of oxazole rings is 1. The van der Waals surface area contributed by atoms with E-state index < -0.39 is 23.9 Å². The summed E-state index contributed by atoms with van der Waals surface area (Å²) < 4.78 is 16.1. The Hall–Kier alpha value is -0.950. The minimum absolute atomic E-state index is 0.208. The molecule has 1 unspecified atom stereocenters. The maximum atomic E-state index is 9.88. The Kier molecular flexibility index (Phi) is 1.87. The molecule has 2 aliphatic rings. The van der Waals surface area contributed by atoms with Gasteiger partial charge in [-0.25, -0.2) is 4.98 Å². The van der Waals surface area contributed by atoms with Gasteiger partial charge >= 0.3 is 0 Å². The standard InChI is InChI=1S/C9H11NO5/c11-2-9-3-13-7(8(9)12)6(15-9)5-1-10-4-14-5/h1,4,6-8,11-12H,2-3H2/t6-,7?,8+,9-/m0/s1. The molecule has 15 heavy (non-hydrogen) atoms. The van der Waals surface area contributed by atoms with E-state index in [4.69, 9.17) is 13.9 Å². The van der Waals surface area contributed by atoms with Crippen LogP contribution in [0.1, 0.15) is 11.9 Å². The van der Waals surface area contributed by atoms with E-state index in [0.717, 1.165) is 0 Å². The Morgan fingerprint density at radius 2 is 2.47 bits per heavy atom. The first-order valence-electron chi connectivity index (χ1n) is 4.73. The molecule has 6 heteroatoms. The molecule has 0 saturated carbocycles. The van der Waals surface area contributed by atoms with Gasteiger partial charge in [-0.2, -0.15) is 0 Å². The van der Waals surface area contributed by atoms with Crippen molar-refractivity contribution in [3.8, 4) is 0 Å². The van der Waals surface area contributed by atoms with Crippen LogP contribution in [-0.4, -0.2) is 46.2 Å². The fraction of sp³-hybridized carbons (Fsp3) is 0.667. The number of aliphatic hydroxyl groups excluding tert-OH is 2. The van der Waals surface area contributed by atoms with Crippen LogP contribution < -0.4 is 0 Å². The number of fused-ring (bicyclic) bond motifs is 2. The summed E-state index contributed by atoms with van der Waals surface area (Å²) in [4.78, 5) is 3.78. The molecule has 3 heterocycles. The summed E-state index contributed by atoms with van der Waals surface area (Å²) >= 11 is 0. The lowest BCUT2D eigenvalue weighted by Crippen LogP contribution is -2.43. The van der Waals surface area contributed by atoms with Crippen molar-refractivity contribution in [2.75, 3.05) is 13.2 Å². The second-order valence-electron chi connectivity index (χ2n) is 3.89. The maximum absolute atomic E-state index is 9.88. The van der Waals surface area contributed by atoms with Crippen molar-refractivity contribution in [1.82, 2.24) is 4.98 Å². The molecular formula is C9H11NO5. The average Bonchev–Trinajstić information content (AvgIpc) is 2.94. The molecule has 2 aliphatic heterocycles. The van der Waals surface area contributed by atoms with Gasteiger partial charge in [0, 0.05) is 0 Å². The number of nitrogens with zero attached hydrogens (tertiary/aromatic N) is 1. The van der Waals surface area contributed by atoms with Crippen molar-refractivity contribution in [3.05, 3.63) is 18.4 Å². The van der Waals surface area contributed by atoms with E-state index >= 15 is 0 Å². The van der Waals surface area contributed by atoms with Crippen LogP contribution in [0.2, 0.25) is 0 Å². The Morgan fingerprint density at radius 1 is 1.60 bits per heavy atom. The summed E-state index contributed by atoms with van der Waals surface area (Å²) in [5.41, 5.74) is -0.998. The molecule has 0 aliphatic carbocycles. The predicted octanol–water partition coefficient (Wildman–Crippen LogP) is -0.763. The Balaban J connectivity index is 1.92. The van der Waals surface area contributed by atoms with Gasteiger partial charge in [-0.15, -0.1) is 0 Å². The van der Waals surface area contributed by atoms with Gasteiger partial charge in [0.05, 0.1) is 19.4 Å². The van der Waals surface area contributed by atoms with Crippen molar-refractivity contribution in [2.24, 2.45) is 0 Å². The summed E-state index contributed by atoms with van der Waals surface area (Å²) in [5, 5.41) is 19.1. The SMILES string of the molecule is OC[C@]12COC([C@H]1O)[C@H](c1cnco1)O2. The van der Waals surface area contributed by atoms with Crippen LogP contribution in [-0.2, 0) is 9.47 Å². The highest BCUT2D eigenvalue weighted by Gasteiger charge is 2.61. The summed E-state index contributed by atoms with van der Waals surface area (Å²) in [6, 6.07) is 0. The van der Waals surface area contributed by atoms with Crippen LogP contribution in [0.4, 0.5) is 0 Å². The third-order valence-corrected chi connectivity index (χ3v) is 3.03. The summed E-state index contributed by atoms with van der Waals surface area (Å²) in [5.74, 6) is 0.508. The molecule has 6 nitrogen and oxygen atoms in total. The second kappa shape index (κ2) is 3.02. The zero-order chi connectivity index (χ0) is 10.5. The van der Waals surface area contributed by atoms with E-state index in [1.54, 1.807) is 0 Å². The molecule has 2 bridgehead atoms. The first-order valence-corrected chi connectivity index (χ1v) is 4.73. The van der Waals surface area contributed by atoms with Gasteiger partial charge in [-0.05, 0) is 0 Å². The molecule has 3 rings (SSSR count). The Labute approximate surface area is 85.4 Å². The molecule has 2 N–H and O–H groups in total. The zero-order valence-electron chi connectivity index (χ0n) is 7.87. The van der Waals surface area contributed by atoms with Gasteiger partial charge in [-0.1, -0.05) is 0 Å². The Bertz CT molecular complexity index is 353. The number of aromatic nitrogens is 1. The fourth-order valence-electron chi connectivity index (χ4n) is 2.15. The average molecular weight is 213 g/mol. The van der Waals surface area contributed by atoms with Gasteiger partial charge in [0.2, 0.25) is 0 Å². The molecule has 2 fully saturated rings. The number of ether oxygens (including phenoxy) is 2. The topological polar surface area (TPSA) is 85.0 Å². The van der Waals surface area contributed by atoms with Gasteiger partial charge in [0.25, 0.3) is 0 Å². The molecule has 0 radical (unpaired) electrons. The number of hydrogen-bond donors (Lipinski definition) is 2. The van der Waals surface area contributed by atoms with E-state index in [9.17, 15) is 10.2 Å². The fourth-order valence-corrected chi connectivity index (χ4v) is 2.15. The third-order valence-electron chi connectivity index (χ3n) is 3.03. The minimum Gasteiger partial charge on any atom is -0.446 e. The van der Waals surface area contributed by atoms with E-state index in [1.807, 2.05) is 0 Å². The van der Waals surface area contributed by atoms with E-state index in [1.165, 1.54) is 12.6 Å². The van der Waals surface area contributed by atoms with E-state index in [2.05, 4.69) is 4.98 Å². The molecule has 82 valence electrons. The highest BCUT2D eigenvalue weighted by molar-refractivity contribution is 5.13. The lowest BCUT2D eigenvalue weighted by Gasteiger charge is -2.27. The zero-order valence-corrected chi connectivity index (χ0v) is 7.87. The normalized spacial score (nSPS) is 43.7. The van der Waals surface area contributed by atoms with Crippen molar-refractivity contribution in [1.29, 1.82) is 0 Å². The van der Waals surface area contributed by atoms with Crippen molar-refractivity contribution in [3.63, 3.8) is 0 Å². The highest BCUT2D eigenvalue weighted by atomic mass is 16.6. The predicted molar refractivity (Wildman–Crippen MR) is 45.9 cm³/mol. The quantitative estimate of drug-likeness (QED) is 0.671. The molecule has 4 atom stereocenters. The summed E-state index contributed by atoms with van der Waals surface area (Å²) in [6.45, 7) is -0.0602. The highest BCUT2D eigenvalue weighted by Crippen LogP contribution is 2.46. The van der Waals surface area contributed by atoms with Crippen LogP contribution in [0.5, 0.6) is 0 Å². The lowest BCUT2D eigenvalue weighted by atomic mass is 9.99. The van der Waals surface area contributed by atoms with Gasteiger partial charge < -0.3 is 24.1 Å². The molecule has 0 spiro atoms. The number of aliphatic hydroxyl groups is 2. The van der Waals surface area contributed by atoms with Crippen molar-refractivity contribution < 1.29 is 24.1 Å². The molecular weight excluding hydrogens is 202 g/mol. The Morgan fingerprint density at radius 3 is 3.07 bits per heavy atom. The molecule has 1 aromatic heterocycles. The lowest BCUT2D eigenvalue weighted by molar-refractivity contribution is -0.168. The van der Waals surface area contributed by atoms with E-state index in [-0.39, 0.29) is 13.2 Å². The molecule has 0 aromatic carbocycles. The van der Waals surface area contributed by atoms with Crippen LogP contribution >= 0.6 is 0 Å². The molecule has 2 saturated heterocycles. The van der Waals surface area contributed by atoms with Crippen LogP contribution in [0.15, 0.2) is 17.0 Å². The third kappa shape index (κ3) is 1.10. The van der Waals surface area contributed by atoms with Crippen LogP contribution in [0.25, 0.3) is 0 Å². The first kappa shape index (κ1) is 9.29. The number of hydrogen-bond acceptors (Lipinski definition) is 6. The minimum atomic E-state index is -0.998. The summed E-state index contributed by atoms with van der Waals surface area (Å²) in [7, 11) is 0. The molecule has 0 amide bonds. The number of rotatable bonds is 2. The van der Waals surface area contributed by atoms with Gasteiger partial charge in [0.15, 0.2) is 12.2 Å². The second-order valence-corrected chi connectivity index (χ2v) is 3.89. The van der Waals surface area contributed by atoms with Crippen LogP contribution in [0, 0.1) is 0 Å². The smallest absolute Gasteiger partial charge is 0.180 e. The van der Waals surface area contributed by atoms with Gasteiger partial charge in [0.1, 0.15) is 23.9 Å². The largest absolute Gasteiger partial charge is 0.446 e. The first-order chi connectivity index (χ1) is 7.27. The van der Waals surface area contributed by atoms with E-state index in [0.29, 0.717) is 5.76 Å². The molecule has 1 aromatic rings. The summed E-state index contributed by atoms with van der Waals surface area (Å²) in [6.07, 6.45) is 1.03. The monoisotopic (exact) mass is 213 g/mol. The van der Waals surface area contributed by atoms with Crippen LogP contribution in [0.3, 0.4) is 0 Å². The van der Waals surface area contributed by atoms with Crippen molar-refractivity contribution in [2.45, 2.75) is 23.9 Å². The van der Waals surface area contributed by atoms with Crippen molar-refractivity contribution >= 4 is 0 Å². The van der Waals surface area contributed by atoms with Gasteiger partial charge in [-0.3, -0.25) is 0 Å². The maximum Gasteiger partial charge on any atom is 0.180 e.